The van der Waals surface area contributed by atoms with E-state index in [1.165, 1.54) is 12.0 Å². The second-order valence-corrected chi connectivity index (χ2v) is 8.34. The summed E-state index contributed by atoms with van der Waals surface area (Å²) in [4.78, 5) is 22.5. The molecule has 0 saturated heterocycles. The molecule has 3 aromatic carbocycles. The lowest BCUT2D eigenvalue weighted by atomic mass is 10.0. The maximum Gasteiger partial charge on any atom is 0.301 e. The van der Waals surface area contributed by atoms with Gasteiger partial charge in [-0.25, -0.2) is 0 Å². The molecule has 0 radical (unpaired) electrons. The fraction of sp³-hybridized carbons (Fsp3) is 0.0526. The average molecular weight is 473 g/mol. The number of rotatable bonds is 5. The number of nitro groups is 2. The number of nitrogen functional groups attached to an aromatic ring is 1. The maximum atomic E-state index is 11.7. The van der Waals surface area contributed by atoms with Crippen LogP contribution in [0, 0.1) is 20.2 Å². The van der Waals surface area contributed by atoms with Gasteiger partial charge < -0.3 is 20.7 Å². The van der Waals surface area contributed by atoms with E-state index in [2.05, 4.69) is 5.32 Å². The van der Waals surface area contributed by atoms with Crippen LogP contribution in [0.5, 0.6) is 5.75 Å². The number of anilines is 6. The van der Waals surface area contributed by atoms with E-state index in [1.54, 1.807) is 24.3 Å². The van der Waals surface area contributed by atoms with Crippen LogP contribution < -0.4 is 20.7 Å². The fourth-order valence-corrected chi connectivity index (χ4v) is 4.07. The molecule has 33 heavy (non-hydrogen) atoms. The highest BCUT2D eigenvalue weighted by Crippen LogP contribution is 2.54. The molecule has 0 fully saturated rings. The number of nitrogens with zero attached hydrogens (tertiary/aromatic N) is 3. The number of nitrogens with one attached hydrogen (secondary N) is 1. The lowest BCUT2D eigenvalue weighted by molar-refractivity contribution is -0.393. The van der Waals surface area contributed by atoms with Gasteiger partial charge in [-0.3, -0.25) is 24.8 Å². The van der Waals surface area contributed by atoms with Crippen LogP contribution in [0.3, 0.4) is 0 Å². The van der Waals surface area contributed by atoms with Crippen molar-refractivity contribution >= 4 is 55.6 Å². The Morgan fingerprint density at radius 2 is 1.73 bits per heavy atom. The van der Waals surface area contributed by atoms with Gasteiger partial charge in [0.05, 0.1) is 50.7 Å². The predicted molar refractivity (Wildman–Crippen MR) is 118 cm³/mol. The minimum Gasteiger partial charge on any atom is -0.497 e. The molecule has 1 aliphatic rings. The largest absolute Gasteiger partial charge is 0.497 e. The minimum atomic E-state index is -4.65. The van der Waals surface area contributed by atoms with Crippen molar-refractivity contribution in [3.8, 4) is 5.75 Å². The van der Waals surface area contributed by atoms with Crippen LogP contribution in [0.2, 0.25) is 0 Å². The van der Waals surface area contributed by atoms with Crippen molar-refractivity contribution < 1.29 is 27.6 Å². The molecular formula is C19H15N5O8S. The van der Waals surface area contributed by atoms with Crippen molar-refractivity contribution in [3.05, 3.63) is 68.8 Å². The first-order chi connectivity index (χ1) is 15.5. The Kier molecular flexibility index (Phi) is 5.03. The van der Waals surface area contributed by atoms with Crippen molar-refractivity contribution in [2.75, 3.05) is 23.1 Å². The summed E-state index contributed by atoms with van der Waals surface area (Å²) >= 11 is 0. The van der Waals surface area contributed by atoms with Crippen molar-refractivity contribution in [1.82, 2.24) is 0 Å². The number of nitro benzene ring substituents is 2. The highest BCUT2D eigenvalue weighted by molar-refractivity contribution is 7.85. The second-order valence-electron chi connectivity index (χ2n) is 6.92. The van der Waals surface area contributed by atoms with Crippen LogP contribution in [0.15, 0.2) is 53.4 Å². The molecule has 4 rings (SSSR count). The van der Waals surface area contributed by atoms with Gasteiger partial charge in [0.2, 0.25) is 0 Å². The maximum absolute atomic E-state index is 11.7. The smallest absolute Gasteiger partial charge is 0.301 e. The third-order valence-electron chi connectivity index (χ3n) is 4.95. The number of non-ortho nitro benzene ring substituents is 1. The normalized spacial score (nSPS) is 12.4. The first-order valence-corrected chi connectivity index (χ1v) is 10.5. The SMILES string of the molecule is COc1ccc(N2c3cc([N+](=O)[O-])cc([N+](=O)[O-])c3Nc3cc(S(=O)(=O)O)cc(N)c32)cc1. The van der Waals surface area contributed by atoms with E-state index in [9.17, 15) is 33.2 Å². The van der Waals surface area contributed by atoms with Crippen molar-refractivity contribution in [2.24, 2.45) is 0 Å². The molecule has 0 aliphatic carbocycles. The lowest BCUT2D eigenvalue weighted by Gasteiger charge is -2.34. The molecule has 3 aromatic rings. The Labute approximate surface area is 186 Å². The third-order valence-corrected chi connectivity index (χ3v) is 5.79. The molecule has 0 amide bonds. The van der Waals surface area contributed by atoms with Gasteiger partial charge in [0.15, 0.2) is 0 Å². The first-order valence-electron chi connectivity index (χ1n) is 9.10. The van der Waals surface area contributed by atoms with Crippen LogP contribution >= 0.6 is 0 Å². The molecule has 0 unspecified atom stereocenters. The fourth-order valence-electron chi connectivity index (χ4n) is 3.53. The van der Waals surface area contributed by atoms with Gasteiger partial charge in [-0.15, -0.1) is 0 Å². The zero-order chi connectivity index (χ0) is 24.1. The summed E-state index contributed by atoms with van der Waals surface area (Å²) in [5.74, 6) is 0.508. The summed E-state index contributed by atoms with van der Waals surface area (Å²) in [7, 11) is -3.19. The topological polar surface area (TPSA) is 191 Å². The molecule has 0 aromatic heterocycles. The van der Waals surface area contributed by atoms with Gasteiger partial charge in [0, 0.05) is 11.8 Å². The van der Waals surface area contributed by atoms with Crippen LogP contribution in [-0.4, -0.2) is 29.9 Å². The molecule has 0 bridgehead atoms. The summed E-state index contributed by atoms with van der Waals surface area (Å²) in [5, 5.41) is 25.9. The van der Waals surface area contributed by atoms with Crippen LogP contribution in [0.25, 0.3) is 0 Å². The molecule has 0 atom stereocenters. The molecule has 14 heteroatoms. The first kappa shape index (κ1) is 21.8. The van der Waals surface area contributed by atoms with E-state index >= 15 is 0 Å². The van der Waals surface area contributed by atoms with E-state index in [0.717, 1.165) is 24.3 Å². The van der Waals surface area contributed by atoms with Crippen molar-refractivity contribution in [2.45, 2.75) is 4.90 Å². The zero-order valence-corrected chi connectivity index (χ0v) is 17.6. The monoisotopic (exact) mass is 473 g/mol. The molecule has 0 saturated carbocycles. The Balaban J connectivity index is 2.08. The van der Waals surface area contributed by atoms with Gasteiger partial charge in [-0.05, 0) is 36.4 Å². The van der Waals surface area contributed by atoms with Crippen molar-refractivity contribution in [3.63, 3.8) is 0 Å². The minimum absolute atomic E-state index is 0.0305. The molecule has 1 heterocycles. The lowest BCUT2D eigenvalue weighted by Crippen LogP contribution is -2.21. The number of hydrogen-bond donors (Lipinski definition) is 3. The number of nitrogens with two attached hydrogens (primary N) is 1. The second kappa shape index (κ2) is 7.61. The van der Waals surface area contributed by atoms with Gasteiger partial charge in [-0.2, -0.15) is 8.42 Å². The Bertz CT molecular complexity index is 1420. The summed E-state index contributed by atoms with van der Waals surface area (Å²) in [6, 6.07) is 10.4. The van der Waals surface area contributed by atoms with E-state index in [4.69, 9.17) is 10.5 Å². The van der Waals surface area contributed by atoms with Crippen LogP contribution in [0.1, 0.15) is 0 Å². The van der Waals surface area contributed by atoms with Gasteiger partial charge in [0.1, 0.15) is 11.4 Å². The Hall–Kier alpha value is -4.43. The predicted octanol–water partition coefficient (Wildman–Crippen LogP) is 3.87. The van der Waals surface area contributed by atoms with E-state index in [1.807, 2.05) is 0 Å². The summed E-state index contributed by atoms with van der Waals surface area (Å²) in [5.41, 5.74) is 5.40. The Morgan fingerprint density at radius 1 is 1.06 bits per heavy atom. The summed E-state index contributed by atoms with van der Waals surface area (Å²) in [6.07, 6.45) is 0. The number of benzene rings is 3. The van der Waals surface area contributed by atoms with Gasteiger partial charge in [0.25, 0.3) is 15.8 Å². The van der Waals surface area contributed by atoms with E-state index < -0.39 is 36.2 Å². The molecule has 170 valence electrons. The standard InChI is InChI=1S/C19H15N5O8S/c1-32-12-4-2-10(3-5-12)22-16-6-11(23(25)26)7-17(24(27)28)18(16)21-15-9-13(33(29,30)31)8-14(20)19(15)22/h2-9,21H,20H2,1H3,(H,29,30,31). The highest BCUT2D eigenvalue weighted by Gasteiger charge is 2.35. The average Bonchev–Trinajstić information content (AvgIpc) is 2.76. The van der Waals surface area contributed by atoms with Gasteiger partial charge >= 0.3 is 5.69 Å². The molecule has 13 nitrogen and oxygen atoms in total. The van der Waals surface area contributed by atoms with Crippen LogP contribution in [0.4, 0.5) is 45.5 Å². The molecule has 0 spiro atoms. The number of fused-ring (bicyclic) bond motifs is 2. The third kappa shape index (κ3) is 3.72. The van der Waals surface area contributed by atoms with E-state index in [0.29, 0.717) is 11.4 Å². The summed E-state index contributed by atoms with van der Waals surface area (Å²) in [6.45, 7) is 0. The highest BCUT2D eigenvalue weighted by atomic mass is 32.2. The van der Waals surface area contributed by atoms with Crippen LogP contribution in [-0.2, 0) is 10.1 Å². The molecular weight excluding hydrogens is 458 g/mol. The number of ether oxygens (including phenoxy) is 1. The zero-order valence-electron chi connectivity index (χ0n) is 16.8. The van der Waals surface area contributed by atoms with Gasteiger partial charge in [-0.1, -0.05) is 0 Å². The van der Waals surface area contributed by atoms with Crippen molar-refractivity contribution in [1.29, 1.82) is 0 Å². The van der Waals surface area contributed by atoms with E-state index in [-0.39, 0.29) is 28.4 Å². The number of methoxy groups -OCH3 is 1. The molecule has 4 N–H and O–H groups in total. The quantitative estimate of drug-likeness (QED) is 0.165. The number of hydrogen-bond acceptors (Lipinski definition) is 10. The summed E-state index contributed by atoms with van der Waals surface area (Å²) < 4.78 is 38.0. The molecule has 1 aliphatic heterocycles. The Morgan fingerprint density at radius 3 is 2.27 bits per heavy atom.